The Morgan fingerprint density at radius 1 is 0.920 bits per heavy atom. The molecular weight excluding hydrogens is 609 g/mol. The smallest absolute Gasteiger partial charge is 0.100 e. The van der Waals surface area contributed by atoms with Gasteiger partial charge in [-0.3, -0.25) is 9.98 Å². The number of allylic oxidation sites excluding steroid dienone is 10. The number of nitrogens with zero attached hydrogens (tertiary/aromatic N) is 2. The van der Waals surface area contributed by atoms with E-state index in [9.17, 15) is 0 Å². The maximum Gasteiger partial charge on any atom is 0.100 e. The summed E-state index contributed by atoms with van der Waals surface area (Å²) in [7, 11) is 0. The van der Waals surface area contributed by atoms with Crippen LogP contribution in [-0.2, 0) is 6.42 Å². The summed E-state index contributed by atoms with van der Waals surface area (Å²) in [6, 6.07) is 18.7. The highest BCUT2D eigenvalue weighted by molar-refractivity contribution is 6.02. The van der Waals surface area contributed by atoms with Crippen LogP contribution in [0.25, 0.3) is 5.70 Å². The average Bonchev–Trinajstić information content (AvgIpc) is 3.17. The quantitative estimate of drug-likeness (QED) is 0.250. The van der Waals surface area contributed by atoms with Crippen LogP contribution >= 0.6 is 0 Å². The number of hydrogen-bond acceptors (Lipinski definition) is 4. The molecular formula is C46H50N4. The van der Waals surface area contributed by atoms with Crippen LogP contribution in [0.3, 0.4) is 0 Å². The van der Waals surface area contributed by atoms with Gasteiger partial charge in [0, 0.05) is 59.7 Å². The first-order chi connectivity index (χ1) is 24.7. The van der Waals surface area contributed by atoms with Gasteiger partial charge in [0.15, 0.2) is 0 Å². The van der Waals surface area contributed by atoms with Crippen molar-refractivity contribution in [2.45, 2.75) is 77.3 Å². The zero-order valence-corrected chi connectivity index (χ0v) is 29.8. The molecule has 8 rings (SSSR count). The standard InChI is InChI=1S/C46H50N4/c1-4-6-19-34-30(3)43(50-45-38-23-10-8-21-36(38)35-20-7-9-22-37(35)42(34)45)32-17-11-15-31(28-32)16-12-25-41(47-5-2)40-29-33-18-13-26-48-44(33)46-39(40)24-14-27-49-46/h7-11,13-15,17-18,20-24,27-29,35,37,39,43,46,48,50H,4-6,12,16,19,25-26H2,1-3H3/b47-41+. The minimum atomic E-state index is 0.114. The Kier molecular flexibility index (Phi) is 9.27. The lowest BCUT2D eigenvalue weighted by Crippen LogP contribution is -2.37. The number of benzene rings is 2. The molecule has 0 saturated carbocycles. The van der Waals surface area contributed by atoms with Crippen molar-refractivity contribution in [2.75, 3.05) is 13.1 Å². The molecule has 0 amide bonds. The topological polar surface area (TPSA) is 48.8 Å². The second-order valence-corrected chi connectivity index (χ2v) is 14.5. The van der Waals surface area contributed by atoms with E-state index >= 15 is 0 Å². The average molecular weight is 659 g/mol. The number of dihydropyridines is 3. The fourth-order valence-electron chi connectivity index (χ4n) is 9.09. The van der Waals surface area contributed by atoms with Crippen molar-refractivity contribution in [3.05, 3.63) is 159 Å². The van der Waals surface area contributed by atoms with Crippen LogP contribution in [-0.4, -0.2) is 31.1 Å². The van der Waals surface area contributed by atoms with Crippen molar-refractivity contribution >= 4 is 17.6 Å². The van der Waals surface area contributed by atoms with Crippen molar-refractivity contribution in [2.24, 2.45) is 21.8 Å². The molecule has 2 N–H and O–H groups in total. The lowest BCUT2D eigenvalue weighted by Gasteiger charge is -2.42. The van der Waals surface area contributed by atoms with Crippen molar-refractivity contribution in [1.82, 2.24) is 10.6 Å². The van der Waals surface area contributed by atoms with Gasteiger partial charge in [-0.1, -0.05) is 104 Å². The van der Waals surface area contributed by atoms with Crippen LogP contribution in [0.15, 0.2) is 147 Å². The Morgan fingerprint density at radius 2 is 1.78 bits per heavy atom. The summed E-state index contributed by atoms with van der Waals surface area (Å²) in [5, 5.41) is 7.73. The first-order valence-corrected chi connectivity index (χ1v) is 19.0. The van der Waals surface area contributed by atoms with Crippen LogP contribution in [0, 0.1) is 11.8 Å². The number of aryl methyl sites for hydroxylation is 1. The molecule has 0 saturated heterocycles. The number of unbranched alkanes of at least 4 members (excludes halogenated alkanes) is 1. The number of rotatable bonds is 10. The Hall–Kier alpha value is -4.70. The van der Waals surface area contributed by atoms with Gasteiger partial charge in [0.05, 0.1) is 6.04 Å². The molecule has 3 aliphatic heterocycles. The highest BCUT2D eigenvalue weighted by Crippen LogP contribution is 2.52. The zero-order chi connectivity index (χ0) is 34.0. The van der Waals surface area contributed by atoms with E-state index in [1.807, 2.05) is 6.21 Å². The molecule has 50 heavy (non-hydrogen) atoms. The summed E-state index contributed by atoms with van der Waals surface area (Å²) in [6.07, 6.45) is 29.1. The summed E-state index contributed by atoms with van der Waals surface area (Å²) >= 11 is 0. The molecule has 5 atom stereocenters. The van der Waals surface area contributed by atoms with Crippen LogP contribution in [0.1, 0.15) is 87.1 Å². The third-order valence-corrected chi connectivity index (χ3v) is 11.5. The third kappa shape index (κ3) is 5.93. The lowest BCUT2D eigenvalue weighted by atomic mass is 9.66. The Bertz CT molecular complexity index is 1970. The maximum atomic E-state index is 5.09. The minimum absolute atomic E-state index is 0.114. The molecule has 6 aliphatic rings. The molecule has 0 spiro atoms. The maximum absolute atomic E-state index is 5.09. The van der Waals surface area contributed by atoms with Crippen LogP contribution in [0.2, 0.25) is 0 Å². The molecule has 0 fully saturated rings. The first-order valence-electron chi connectivity index (χ1n) is 19.0. The molecule has 4 heteroatoms. The molecule has 3 heterocycles. The molecule has 4 nitrogen and oxygen atoms in total. The van der Waals surface area contributed by atoms with Gasteiger partial charge in [-0.15, -0.1) is 0 Å². The number of nitrogens with one attached hydrogen (secondary N) is 2. The molecule has 2 aromatic rings. The van der Waals surface area contributed by atoms with Crippen molar-refractivity contribution in [3.63, 3.8) is 0 Å². The second kappa shape index (κ2) is 14.3. The van der Waals surface area contributed by atoms with Crippen molar-refractivity contribution in [1.29, 1.82) is 0 Å². The SMILES string of the molecule is CCCCC1=C(C)C(c2cccc(CCC/C(=N\CC)C3=CC4=C(NCC=C4)C4N=CC=CC34)c2)NC2=C1C1C=CC=CC1c1ccccc12. The van der Waals surface area contributed by atoms with E-state index in [1.54, 1.807) is 5.57 Å². The third-order valence-electron chi connectivity index (χ3n) is 11.5. The minimum Gasteiger partial charge on any atom is -0.383 e. The van der Waals surface area contributed by atoms with Gasteiger partial charge in [-0.2, -0.15) is 0 Å². The molecule has 0 bridgehead atoms. The predicted molar refractivity (Wildman–Crippen MR) is 210 cm³/mol. The van der Waals surface area contributed by atoms with E-state index < -0.39 is 0 Å². The second-order valence-electron chi connectivity index (χ2n) is 14.5. The molecule has 5 unspecified atom stereocenters. The highest BCUT2D eigenvalue weighted by atomic mass is 15.0. The highest BCUT2D eigenvalue weighted by Gasteiger charge is 2.39. The Labute approximate surface area is 298 Å². The fraction of sp³-hybridized carbons (Fsp3) is 0.348. The van der Waals surface area contributed by atoms with Crippen LogP contribution in [0.5, 0.6) is 0 Å². The molecule has 0 radical (unpaired) electrons. The summed E-state index contributed by atoms with van der Waals surface area (Å²) in [4.78, 5) is 10.0. The summed E-state index contributed by atoms with van der Waals surface area (Å²) in [6.45, 7) is 8.51. The number of hydrogen-bond donors (Lipinski definition) is 2. The number of aliphatic imine (C=N–C) groups is 2. The van der Waals surface area contributed by atoms with E-state index in [2.05, 4.69) is 135 Å². The van der Waals surface area contributed by atoms with Gasteiger partial charge in [0.1, 0.15) is 6.04 Å². The zero-order valence-electron chi connectivity index (χ0n) is 29.8. The predicted octanol–water partition coefficient (Wildman–Crippen LogP) is 9.85. The van der Waals surface area contributed by atoms with Crippen LogP contribution < -0.4 is 10.6 Å². The van der Waals surface area contributed by atoms with Gasteiger partial charge < -0.3 is 10.6 Å². The Balaban J connectivity index is 1.05. The molecule has 0 aromatic heterocycles. The fourth-order valence-corrected chi connectivity index (χ4v) is 9.09. The van der Waals surface area contributed by atoms with Gasteiger partial charge in [-0.05, 0) is 103 Å². The van der Waals surface area contributed by atoms with Gasteiger partial charge in [-0.25, -0.2) is 0 Å². The van der Waals surface area contributed by atoms with E-state index in [0.717, 1.165) is 38.8 Å². The van der Waals surface area contributed by atoms with Gasteiger partial charge in [0.2, 0.25) is 0 Å². The first kappa shape index (κ1) is 32.5. The van der Waals surface area contributed by atoms with Crippen molar-refractivity contribution in [3.8, 4) is 0 Å². The summed E-state index contributed by atoms with van der Waals surface area (Å²) < 4.78 is 0. The van der Waals surface area contributed by atoms with Gasteiger partial charge in [0.25, 0.3) is 0 Å². The summed E-state index contributed by atoms with van der Waals surface area (Å²) in [5.41, 5.74) is 16.6. The number of fused-ring (bicyclic) bond motifs is 7. The monoisotopic (exact) mass is 658 g/mol. The van der Waals surface area contributed by atoms with E-state index in [-0.39, 0.29) is 18.0 Å². The molecule has 3 aliphatic carbocycles. The lowest BCUT2D eigenvalue weighted by molar-refractivity contribution is 0.582. The summed E-state index contributed by atoms with van der Waals surface area (Å²) in [5.74, 6) is 1.01. The van der Waals surface area contributed by atoms with Gasteiger partial charge >= 0.3 is 0 Å². The largest absolute Gasteiger partial charge is 0.383 e. The molecule has 254 valence electrons. The normalized spacial score (nSPS) is 26.1. The van der Waals surface area contributed by atoms with E-state index in [1.165, 1.54) is 74.5 Å². The van der Waals surface area contributed by atoms with Crippen molar-refractivity contribution < 1.29 is 0 Å². The van der Waals surface area contributed by atoms with Crippen LogP contribution in [0.4, 0.5) is 0 Å². The molecule has 2 aromatic carbocycles. The van der Waals surface area contributed by atoms with E-state index in [0.29, 0.717) is 11.8 Å². The van der Waals surface area contributed by atoms with E-state index in [4.69, 9.17) is 9.98 Å². The Morgan fingerprint density at radius 3 is 2.66 bits per heavy atom.